The lowest BCUT2D eigenvalue weighted by Crippen LogP contribution is -2.44. The molecule has 0 radical (unpaired) electrons. The van der Waals surface area contributed by atoms with Gasteiger partial charge in [0.05, 0.1) is 6.54 Å². The lowest BCUT2D eigenvalue weighted by molar-refractivity contribution is -0.117. The van der Waals surface area contributed by atoms with Crippen molar-refractivity contribution in [2.75, 3.05) is 31.5 Å². The minimum absolute atomic E-state index is 0.0769. The van der Waals surface area contributed by atoms with Crippen LogP contribution in [-0.4, -0.2) is 43.0 Å². The van der Waals surface area contributed by atoms with Crippen LogP contribution in [-0.2, 0) is 4.79 Å². The molecular formula is C15H23N3O. The van der Waals surface area contributed by atoms with E-state index in [0.717, 1.165) is 38.2 Å². The lowest BCUT2D eigenvalue weighted by Gasteiger charge is -2.31. The summed E-state index contributed by atoms with van der Waals surface area (Å²) < 4.78 is 0. The molecule has 104 valence electrons. The number of rotatable bonds is 5. The van der Waals surface area contributed by atoms with Crippen molar-refractivity contribution in [2.24, 2.45) is 0 Å². The second-order valence-corrected chi connectivity index (χ2v) is 5.02. The predicted molar refractivity (Wildman–Crippen MR) is 78.2 cm³/mol. The topological polar surface area (TPSA) is 44.4 Å². The molecule has 4 heteroatoms. The van der Waals surface area contributed by atoms with Gasteiger partial charge < -0.3 is 10.6 Å². The molecule has 0 spiro atoms. The number of nitrogens with one attached hydrogen (secondary N) is 2. The molecule has 0 unspecified atom stereocenters. The van der Waals surface area contributed by atoms with Gasteiger partial charge in [-0.05, 0) is 31.5 Å². The van der Waals surface area contributed by atoms with Gasteiger partial charge in [-0.15, -0.1) is 0 Å². The monoisotopic (exact) mass is 261 g/mol. The van der Waals surface area contributed by atoms with Crippen molar-refractivity contribution in [3.8, 4) is 0 Å². The van der Waals surface area contributed by atoms with Gasteiger partial charge >= 0.3 is 0 Å². The first-order chi connectivity index (χ1) is 9.28. The number of nitrogens with zero attached hydrogens (tertiary/aromatic N) is 1. The Morgan fingerprint density at radius 2 is 1.95 bits per heavy atom. The van der Waals surface area contributed by atoms with Gasteiger partial charge in [0.25, 0.3) is 0 Å². The first-order valence-electron chi connectivity index (χ1n) is 7.08. The number of piperidine rings is 1. The Morgan fingerprint density at radius 3 is 2.58 bits per heavy atom. The molecule has 0 aromatic heterocycles. The summed E-state index contributed by atoms with van der Waals surface area (Å²) in [6.07, 6.45) is 2.26. The van der Waals surface area contributed by atoms with Gasteiger partial charge in [0.15, 0.2) is 0 Å². The molecule has 1 heterocycles. The zero-order chi connectivity index (χ0) is 13.5. The Hall–Kier alpha value is -1.39. The number of para-hydroxylation sites is 1. The molecule has 1 aromatic rings. The largest absolute Gasteiger partial charge is 0.325 e. The third-order valence-electron chi connectivity index (χ3n) is 3.51. The maximum atomic E-state index is 11.9. The van der Waals surface area contributed by atoms with Crippen LogP contribution >= 0.6 is 0 Å². The van der Waals surface area contributed by atoms with Crippen LogP contribution < -0.4 is 10.6 Å². The highest BCUT2D eigenvalue weighted by atomic mass is 16.2. The van der Waals surface area contributed by atoms with E-state index in [2.05, 4.69) is 22.5 Å². The molecule has 1 amide bonds. The van der Waals surface area contributed by atoms with Crippen LogP contribution in [0.15, 0.2) is 30.3 Å². The molecule has 0 bridgehead atoms. The molecule has 2 rings (SSSR count). The fourth-order valence-electron chi connectivity index (χ4n) is 2.51. The highest BCUT2D eigenvalue weighted by Gasteiger charge is 2.19. The second kappa shape index (κ2) is 7.26. The Kier molecular flexibility index (Phi) is 5.36. The molecule has 2 N–H and O–H groups in total. The number of anilines is 1. The standard InChI is InChI=1S/C15H23N3O/c1-2-16-13-8-10-18(11-9-13)12-15(19)17-14-6-4-3-5-7-14/h3-7,13,16H,2,8-12H2,1H3,(H,17,19). The molecule has 1 fully saturated rings. The highest BCUT2D eigenvalue weighted by molar-refractivity contribution is 5.92. The van der Waals surface area contributed by atoms with Crippen molar-refractivity contribution in [3.63, 3.8) is 0 Å². The van der Waals surface area contributed by atoms with Crippen LogP contribution in [0.1, 0.15) is 19.8 Å². The maximum absolute atomic E-state index is 11.9. The van der Waals surface area contributed by atoms with Gasteiger partial charge in [-0.2, -0.15) is 0 Å². The summed E-state index contributed by atoms with van der Waals surface area (Å²) in [4.78, 5) is 14.1. The molecule has 0 saturated carbocycles. The third kappa shape index (κ3) is 4.65. The van der Waals surface area contributed by atoms with Crippen molar-refractivity contribution in [1.82, 2.24) is 10.2 Å². The molecule has 1 aliphatic rings. The van der Waals surface area contributed by atoms with E-state index in [1.807, 2.05) is 30.3 Å². The fourth-order valence-corrected chi connectivity index (χ4v) is 2.51. The maximum Gasteiger partial charge on any atom is 0.238 e. The van der Waals surface area contributed by atoms with Crippen molar-refractivity contribution in [1.29, 1.82) is 0 Å². The zero-order valence-corrected chi connectivity index (χ0v) is 11.6. The lowest BCUT2D eigenvalue weighted by atomic mass is 10.1. The number of hydrogen-bond donors (Lipinski definition) is 2. The molecule has 1 saturated heterocycles. The SMILES string of the molecule is CCNC1CCN(CC(=O)Nc2ccccc2)CC1. The first kappa shape index (κ1) is 14.0. The predicted octanol–water partition coefficient (Wildman–Crippen LogP) is 1.70. The van der Waals surface area contributed by atoms with E-state index in [9.17, 15) is 4.79 Å². The highest BCUT2D eigenvalue weighted by Crippen LogP contribution is 2.10. The van der Waals surface area contributed by atoms with Crippen LogP contribution in [0.2, 0.25) is 0 Å². The van der Waals surface area contributed by atoms with Crippen LogP contribution in [0, 0.1) is 0 Å². The normalized spacial score (nSPS) is 17.3. The molecular weight excluding hydrogens is 238 g/mol. The van der Waals surface area contributed by atoms with Gasteiger partial charge in [0, 0.05) is 24.8 Å². The Bertz CT molecular complexity index is 386. The number of carbonyl (C=O) groups excluding carboxylic acids is 1. The minimum Gasteiger partial charge on any atom is -0.325 e. The summed E-state index contributed by atoms with van der Waals surface area (Å²) in [6, 6.07) is 10.2. The first-order valence-corrected chi connectivity index (χ1v) is 7.08. The van der Waals surface area contributed by atoms with Crippen LogP contribution in [0.3, 0.4) is 0 Å². The second-order valence-electron chi connectivity index (χ2n) is 5.02. The number of hydrogen-bond acceptors (Lipinski definition) is 3. The van der Waals surface area contributed by atoms with Gasteiger partial charge in [0.2, 0.25) is 5.91 Å². The zero-order valence-electron chi connectivity index (χ0n) is 11.6. The number of likely N-dealkylation sites (tertiary alicyclic amines) is 1. The van der Waals surface area contributed by atoms with E-state index in [0.29, 0.717) is 12.6 Å². The fraction of sp³-hybridized carbons (Fsp3) is 0.533. The Morgan fingerprint density at radius 1 is 1.26 bits per heavy atom. The van der Waals surface area contributed by atoms with Gasteiger partial charge in [-0.1, -0.05) is 25.1 Å². The molecule has 1 aliphatic heterocycles. The molecule has 0 atom stereocenters. The average molecular weight is 261 g/mol. The Balaban J connectivity index is 1.72. The van der Waals surface area contributed by atoms with E-state index in [4.69, 9.17) is 0 Å². The van der Waals surface area contributed by atoms with E-state index in [1.165, 1.54) is 0 Å². The summed E-state index contributed by atoms with van der Waals surface area (Å²) in [5.41, 5.74) is 0.870. The number of amides is 1. The molecule has 19 heavy (non-hydrogen) atoms. The van der Waals surface area contributed by atoms with Crippen LogP contribution in [0.5, 0.6) is 0 Å². The average Bonchev–Trinajstić information content (AvgIpc) is 2.42. The van der Waals surface area contributed by atoms with Crippen molar-refractivity contribution in [3.05, 3.63) is 30.3 Å². The van der Waals surface area contributed by atoms with Crippen molar-refractivity contribution < 1.29 is 4.79 Å². The summed E-state index contributed by atoms with van der Waals surface area (Å²) in [6.45, 7) is 5.66. The van der Waals surface area contributed by atoms with Gasteiger partial charge in [-0.3, -0.25) is 9.69 Å². The van der Waals surface area contributed by atoms with E-state index >= 15 is 0 Å². The summed E-state index contributed by atoms with van der Waals surface area (Å²) in [5, 5.41) is 6.40. The quantitative estimate of drug-likeness (QED) is 0.848. The summed E-state index contributed by atoms with van der Waals surface area (Å²) in [5.74, 6) is 0.0769. The molecule has 4 nitrogen and oxygen atoms in total. The van der Waals surface area contributed by atoms with Gasteiger partial charge in [-0.25, -0.2) is 0 Å². The van der Waals surface area contributed by atoms with Crippen LogP contribution in [0.4, 0.5) is 5.69 Å². The van der Waals surface area contributed by atoms with E-state index < -0.39 is 0 Å². The number of carbonyl (C=O) groups is 1. The van der Waals surface area contributed by atoms with Gasteiger partial charge in [0.1, 0.15) is 0 Å². The van der Waals surface area contributed by atoms with E-state index in [1.54, 1.807) is 0 Å². The number of benzene rings is 1. The van der Waals surface area contributed by atoms with E-state index in [-0.39, 0.29) is 5.91 Å². The van der Waals surface area contributed by atoms with Crippen molar-refractivity contribution in [2.45, 2.75) is 25.8 Å². The van der Waals surface area contributed by atoms with Crippen LogP contribution in [0.25, 0.3) is 0 Å². The molecule has 0 aliphatic carbocycles. The molecule has 1 aromatic carbocycles. The Labute approximate surface area is 115 Å². The van der Waals surface area contributed by atoms with Crippen molar-refractivity contribution >= 4 is 11.6 Å². The third-order valence-corrected chi connectivity index (χ3v) is 3.51. The summed E-state index contributed by atoms with van der Waals surface area (Å²) >= 11 is 0. The summed E-state index contributed by atoms with van der Waals surface area (Å²) in [7, 11) is 0. The minimum atomic E-state index is 0.0769. The smallest absolute Gasteiger partial charge is 0.238 e.